The summed E-state index contributed by atoms with van der Waals surface area (Å²) in [5.74, 6) is 1.24. The molecule has 0 radical (unpaired) electrons. The van der Waals surface area contributed by atoms with Crippen molar-refractivity contribution < 1.29 is 19.0 Å². The van der Waals surface area contributed by atoms with E-state index >= 15 is 0 Å². The molecule has 22 heavy (non-hydrogen) atoms. The molecule has 0 heterocycles. The quantitative estimate of drug-likeness (QED) is 0.610. The first-order valence-electron chi connectivity index (χ1n) is 7.20. The van der Waals surface area contributed by atoms with E-state index in [2.05, 4.69) is 11.7 Å². The molecule has 0 aliphatic carbocycles. The Morgan fingerprint density at radius 3 is 2.45 bits per heavy atom. The van der Waals surface area contributed by atoms with Gasteiger partial charge in [0.15, 0.2) is 0 Å². The van der Waals surface area contributed by atoms with Crippen LogP contribution in [0.15, 0.2) is 42.5 Å². The first-order valence-corrected chi connectivity index (χ1v) is 7.20. The average Bonchev–Trinajstić information content (AvgIpc) is 2.54. The van der Waals surface area contributed by atoms with Gasteiger partial charge in [0.25, 0.3) is 0 Å². The normalized spacial score (nSPS) is 10.1. The van der Waals surface area contributed by atoms with Crippen LogP contribution in [0, 0.1) is 6.92 Å². The molecule has 0 aliphatic rings. The highest BCUT2D eigenvalue weighted by Gasteiger charge is 2.12. The van der Waals surface area contributed by atoms with Gasteiger partial charge in [0.1, 0.15) is 18.1 Å². The van der Waals surface area contributed by atoms with Crippen molar-refractivity contribution in [2.45, 2.75) is 26.9 Å². The lowest BCUT2D eigenvalue weighted by Gasteiger charge is -2.13. The third-order valence-corrected chi connectivity index (χ3v) is 3.44. The molecular weight excluding hydrogens is 280 g/mol. The molecule has 0 aliphatic heterocycles. The Morgan fingerprint density at radius 2 is 1.82 bits per heavy atom. The second kappa shape index (κ2) is 7.50. The Kier molecular flexibility index (Phi) is 5.42. The van der Waals surface area contributed by atoms with E-state index in [1.54, 1.807) is 6.07 Å². The van der Waals surface area contributed by atoms with Crippen molar-refractivity contribution in [1.29, 1.82) is 0 Å². The maximum Gasteiger partial charge on any atom is 0.513 e. The lowest BCUT2D eigenvalue weighted by atomic mass is 10.1. The minimum Gasteiger partial charge on any atom is -0.489 e. The third-order valence-electron chi connectivity index (χ3n) is 3.44. The molecule has 0 aromatic heterocycles. The molecule has 0 fully saturated rings. The van der Waals surface area contributed by atoms with Gasteiger partial charge in [-0.25, -0.2) is 4.79 Å². The van der Waals surface area contributed by atoms with Gasteiger partial charge in [-0.1, -0.05) is 31.2 Å². The maximum absolute atomic E-state index is 11.3. The van der Waals surface area contributed by atoms with Crippen LogP contribution in [0.4, 0.5) is 4.79 Å². The van der Waals surface area contributed by atoms with Crippen LogP contribution >= 0.6 is 0 Å². The van der Waals surface area contributed by atoms with Gasteiger partial charge in [-0.15, -0.1) is 0 Å². The van der Waals surface area contributed by atoms with Crippen LogP contribution in [-0.2, 0) is 17.8 Å². The van der Waals surface area contributed by atoms with Crippen LogP contribution in [-0.4, -0.2) is 13.3 Å². The molecule has 0 amide bonds. The second-order valence-electron chi connectivity index (χ2n) is 4.89. The fraction of sp³-hybridized carbons (Fsp3) is 0.278. The Hall–Kier alpha value is -2.49. The largest absolute Gasteiger partial charge is 0.513 e. The van der Waals surface area contributed by atoms with Crippen molar-refractivity contribution >= 4 is 6.16 Å². The highest BCUT2D eigenvalue weighted by Crippen LogP contribution is 2.24. The van der Waals surface area contributed by atoms with Crippen LogP contribution in [0.5, 0.6) is 11.5 Å². The van der Waals surface area contributed by atoms with Crippen molar-refractivity contribution in [1.82, 2.24) is 0 Å². The standard InChI is InChI=1S/C18H20O4/c1-4-14-8-10-15(11-9-14)21-12-16-13(2)6-5-7-17(16)22-18(19)20-3/h5-11H,4,12H2,1-3H3. The van der Waals surface area contributed by atoms with E-state index in [-0.39, 0.29) is 0 Å². The summed E-state index contributed by atoms with van der Waals surface area (Å²) >= 11 is 0. The number of benzene rings is 2. The Labute approximate surface area is 130 Å². The smallest absolute Gasteiger partial charge is 0.489 e. The lowest BCUT2D eigenvalue weighted by molar-refractivity contribution is 0.120. The third kappa shape index (κ3) is 4.01. The number of methoxy groups -OCH3 is 1. The predicted octanol–water partition coefficient (Wildman–Crippen LogP) is 4.28. The molecule has 2 aromatic rings. The zero-order valence-electron chi connectivity index (χ0n) is 13.1. The number of hydrogen-bond donors (Lipinski definition) is 0. The van der Waals surface area contributed by atoms with Gasteiger partial charge in [0, 0.05) is 5.56 Å². The molecule has 0 atom stereocenters. The number of carbonyl (C=O) groups excluding carboxylic acids is 1. The molecule has 0 spiro atoms. The zero-order chi connectivity index (χ0) is 15.9. The number of hydrogen-bond acceptors (Lipinski definition) is 4. The lowest BCUT2D eigenvalue weighted by Crippen LogP contribution is -2.10. The summed E-state index contributed by atoms with van der Waals surface area (Å²) < 4.78 is 15.5. The van der Waals surface area contributed by atoms with Gasteiger partial charge in [-0.05, 0) is 42.7 Å². The summed E-state index contributed by atoms with van der Waals surface area (Å²) in [7, 11) is 1.28. The van der Waals surface area contributed by atoms with Crippen LogP contribution in [0.25, 0.3) is 0 Å². The Bertz CT molecular complexity index is 632. The topological polar surface area (TPSA) is 44.8 Å². The maximum atomic E-state index is 11.3. The molecule has 0 N–H and O–H groups in total. The van der Waals surface area contributed by atoms with Crippen LogP contribution in [0.1, 0.15) is 23.6 Å². The molecule has 2 rings (SSSR count). The highest BCUT2D eigenvalue weighted by molar-refractivity contribution is 5.64. The van der Waals surface area contributed by atoms with Crippen molar-refractivity contribution in [3.05, 3.63) is 59.2 Å². The van der Waals surface area contributed by atoms with E-state index < -0.39 is 6.16 Å². The molecule has 0 saturated heterocycles. The number of rotatable bonds is 5. The Balaban J connectivity index is 2.12. The summed E-state index contributed by atoms with van der Waals surface area (Å²) in [4.78, 5) is 11.3. The van der Waals surface area contributed by atoms with Crippen molar-refractivity contribution in [3.8, 4) is 11.5 Å². The van der Waals surface area contributed by atoms with E-state index in [9.17, 15) is 4.79 Å². The molecule has 4 nitrogen and oxygen atoms in total. The molecule has 116 valence electrons. The van der Waals surface area contributed by atoms with Crippen molar-refractivity contribution in [2.24, 2.45) is 0 Å². The monoisotopic (exact) mass is 300 g/mol. The first kappa shape index (κ1) is 15.9. The van der Waals surface area contributed by atoms with Gasteiger partial charge in [-0.2, -0.15) is 0 Å². The SMILES string of the molecule is CCc1ccc(OCc2c(C)cccc2OC(=O)OC)cc1. The minimum atomic E-state index is -0.737. The van der Waals surface area contributed by atoms with Gasteiger partial charge < -0.3 is 14.2 Å². The minimum absolute atomic E-state index is 0.324. The first-order chi connectivity index (χ1) is 10.6. The van der Waals surface area contributed by atoms with Gasteiger partial charge in [-0.3, -0.25) is 0 Å². The molecule has 4 heteroatoms. The molecule has 0 bridgehead atoms. The van der Waals surface area contributed by atoms with Crippen LogP contribution in [0.3, 0.4) is 0 Å². The summed E-state index contributed by atoms with van der Waals surface area (Å²) in [6.07, 6.45) is 0.258. The summed E-state index contributed by atoms with van der Waals surface area (Å²) in [6, 6.07) is 13.5. The van der Waals surface area contributed by atoms with Crippen molar-refractivity contribution in [2.75, 3.05) is 7.11 Å². The second-order valence-corrected chi connectivity index (χ2v) is 4.89. The summed E-state index contributed by atoms with van der Waals surface area (Å²) in [5, 5.41) is 0. The van der Waals surface area contributed by atoms with E-state index in [0.717, 1.165) is 23.3 Å². The number of ether oxygens (including phenoxy) is 3. The van der Waals surface area contributed by atoms with E-state index in [0.29, 0.717) is 12.4 Å². The zero-order valence-corrected chi connectivity index (χ0v) is 13.1. The highest BCUT2D eigenvalue weighted by atomic mass is 16.7. The van der Waals surface area contributed by atoms with Crippen LogP contribution < -0.4 is 9.47 Å². The fourth-order valence-electron chi connectivity index (χ4n) is 2.06. The molecular formula is C18H20O4. The average molecular weight is 300 g/mol. The van der Waals surface area contributed by atoms with E-state index in [1.807, 2.05) is 43.3 Å². The van der Waals surface area contributed by atoms with Crippen LogP contribution in [0.2, 0.25) is 0 Å². The van der Waals surface area contributed by atoms with Gasteiger partial charge in [0.2, 0.25) is 0 Å². The fourth-order valence-corrected chi connectivity index (χ4v) is 2.06. The molecule has 0 saturated carbocycles. The van der Waals surface area contributed by atoms with Gasteiger partial charge in [0.05, 0.1) is 7.11 Å². The summed E-state index contributed by atoms with van der Waals surface area (Å²) in [6.45, 7) is 4.38. The van der Waals surface area contributed by atoms with E-state index in [4.69, 9.17) is 9.47 Å². The van der Waals surface area contributed by atoms with Gasteiger partial charge >= 0.3 is 6.16 Å². The molecule has 0 unspecified atom stereocenters. The van der Waals surface area contributed by atoms with Crippen molar-refractivity contribution in [3.63, 3.8) is 0 Å². The molecule has 2 aromatic carbocycles. The predicted molar refractivity (Wildman–Crippen MR) is 84.4 cm³/mol. The Morgan fingerprint density at radius 1 is 1.09 bits per heavy atom. The number of aryl methyl sites for hydroxylation is 2. The van der Waals surface area contributed by atoms with E-state index in [1.165, 1.54) is 12.7 Å². The summed E-state index contributed by atoms with van der Waals surface area (Å²) in [5.41, 5.74) is 3.08. The number of carbonyl (C=O) groups is 1.